The molecule has 0 aromatic carbocycles. The van der Waals surface area contributed by atoms with Crippen LogP contribution in [0.3, 0.4) is 0 Å². The van der Waals surface area contributed by atoms with Crippen LogP contribution in [0.15, 0.2) is 16.7 Å². The Bertz CT molecular complexity index is 395. The van der Waals surface area contributed by atoms with Crippen LogP contribution in [0.4, 0.5) is 5.82 Å². The van der Waals surface area contributed by atoms with Crippen molar-refractivity contribution in [3.05, 3.63) is 22.3 Å². The van der Waals surface area contributed by atoms with Gasteiger partial charge >= 0.3 is 0 Å². The standard InChI is InChI=1S/C11H17BrN4O/c1-16(2)10-9(6-8(12)7-15-10)11(17)14-5-3-4-13/h6-7H,3-5,13H2,1-2H3,(H,14,17). The molecule has 0 bridgehead atoms. The Labute approximate surface area is 110 Å². The largest absolute Gasteiger partial charge is 0.362 e. The Morgan fingerprint density at radius 1 is 1.59 bits per heavy atom. The van der Waals surface area contributed by atoms with Crippen molar-refractivity contribution < 1.29 is 4.79 Å². The summed E-state index contributed by atoms with van der Waals surface area (Å²) in [6.07, 6.45) is 2.44. The van der Waals surface area contributed by atoms with Crippen LogP contribution in [0, 0.1) is 0 Å². The highest BCUT2D eigenvalue weighted by molar-refractivity contribution is 9.10. The fourth-order valence-electron chi connectivity index (χ4n) is 1.35. The number of nitrogens with two attached hydrogens (primary N) is 1. The number of nitrogens with one attached hydrogen (secondary N) is 1. The molecule has 0 fully saturated rings. The number of carbonyl (C=O) groups excluding carboxylic acids is 1. The number of hydrogen-bond donors (Lipinski definition) is 2. The number of rotatable bonds is 5. The third-order valence-electron chi connectivity index (χ3n) is 2.17. The summed E-state index contributed by atoms with van der Waals surface area (Å²) in [4.78, 5) is 18.0. The fourth-order valence-corrected chi connectivity index (χ4v) is 1.69. The summed E-state index contributed by atoms with van der Waals surface area (Å²) in [6.45, 7) is 1.15. The van der Waals surface area contributed by atoms with Gasteiger partial charge in [-0.05, 0) is 35.0 Å². The number of aromatic nitrogens is 1. The first-order valence-electron chi connectivity index (χ1n) is 5.37. The van der Waals surface area contributed by atoms with Crippen molar-refractivity contribution in [1.29, 1.82) is 0 Å². The average molecular weight is 301 g/mol. The number of nitrogens with zero attached hydrogens (tertiary/aromatic N) is 2. The SMILES string of the molecule is CN(C)c1ncc(Br)cc1C(=O)NCCCN. The lowest BCUT2D eigenvalue weighted by Crippen LogP contribution is -2.28. The molecule has 0 atom stereocenters. The molecule has 0 aliphatic carbocycles. The minimum absolute atomic E-state index is 0.129. The van der Waals surface area contributed by atoms with Crippen molar-refractivity contribution in [2.24, 2.45) is 5.73 Å². The second kappa shape index (κ2) is 6.56. The summed E-state index contributed by atoms with van der Waals surface area (Å²) in [5.74, 6) is 0.523. The minimum atomic E-state index is -0.129. The van der Waals surface area contributed by atoms with Gasteiger partial charge in [-0.25, -0.2) is 4.98 Å². The molecule has 17 heavy (non-hydrogen) atoms. The van der Waals surface area contributed by atoms with Crippen LogP contribution in [0.2, 0.25) is 0 Å². The lowest BCUT2D eigenvalue weighted by atomic mass is 10.2. The molecule has 5 nitrogen and oxygen atoms in total. The van der Waals surface area contributed by atoms with E-state index in [4.69, 9.17) is 5.73 Å². The lowest BCUT2D eigenvalue weighted by Gasteiger charge is -2.15. The van der Waals surface area contributed by atoms with Gasteiger partial charge in [-0.15, -0.1) is 0 Å². The van der Waals surface area contributed by atoms with Crippen LogP contribution >= 0.6 is 15.9 Å². The molecule has 94 valence electrons. The Morgan fingerprint density at radius 3 is 2.88 bits per heavy atom. The van der Waals surface area contributed by atoms with Crippen molar-refractivity contribution in [3.63, 3.8) is 0 Å². The Balaban J connectivity index is 2.87. The number of pyridine rings is 1. The first-order valence-corrected chi connectivity index (χ1v) is 6.16. The first-order chi connectivity index (χ1) is 8.06. The van der Waals surface area contributed by atoms with Gasteiger partial charge in [0.15, 0.2) is 0 Å². The molecule has 0 saturated carbocycles. The summed E-state index contributed by atoms with van der Waals surface area (Å²) in [5, 5.41) is 2.82. The predicted molar refractivity (Wildman–Crippen MR) is 72.3 cm³/mol. The molecular formula is C11H17BrN4O. The predicted octanol–water partition coefficient (Wildman–Crippen LogP) is 0.989. The highest BCUT2D eigenvalue weighted by atomic mass is 79.9. The zero-order valence-electron chi connectivity index (χ0n) is 10.0. The molecule has 0 aliphatic heterocycles. The van der Waals surface area contributed by atoms with Crippen molar-refractivity contribution in [2.75, 3.05) is 32.1 Å². The summed E-state index contributed by atoms with van der Waals surface area (Å²) < 4.78 is 0.784. The van der Waals surface area contributed by atoms with Gasteiger partial charge < -0.3 is 16.0 Å². The molecule has 3 N–H and O–H groups in total. The normalized spacial score (nSPS) is 10.1. The van der Waals surface area contributed by atoms with Gasteiger partial charge in [0.1, 0.15) is 5.82 Å². The second-order valence-corrected chi connectivity index (χ2v) is 4.73. The van der Waals surface area contributed by atoms with E-state index in [9.17, 15) is 4.79 Å². The van der Waals surface area contributed by atoms with Crippen molar-refractivity contribution in [1.82, 2.24) is 10.3 Å². The van der Waals surface area contributed by atoms with E-state index in [0.717, 1.165) is 10.9 Å². The third-order valence-corrected chi connectivity index (χ3v) is 2.60. The van der Waals surface area contributed by atoms with Gasteiger partial charge in [-0.1, -0.05) is 0 Å². The van der Waals surface area contributed by atoms with Gasteiger partial charge in [0.25, 0.3) is 5.91 Å². The number of halogens is 1. The van der Waals surface area contributed by atoms with E-state index in [1.807, 2.05) is 19.0 Å². The molecule has 0 saturated heterocycles. The number of anilines is 1. The van der Waals surface area contributed by atoms with E-state index in [1.165, 1.54) is 0 Å². The van der Waals surface area contributed by atoms with Crippen molar-refractivity contribution in [3.8, 4) is 0 Å². The number of hydrogen-bond acceptors (Lipinski definition) is 4. The van der Waals surface area contributed by atoms with E-state index in [-0.39, 0.29) is 5.91 Å². The number of amides is 1. The Kier molecular flexibility index (Phi) is 5.37. The molecule has 6 heteroatoms. The maximum absolute atomic E-state index is 12.0. The molecule has 1 heterocycles. The van der Waals surface area contributed by atoms with Gasteiger partial charge in [0.2, 0.25) is 0 Å². The summed E-state index contributed by atoms with van der Waals surface area (Å²) >= 11 is 3.31. The monoisotopic (exact) mass is 300 g/mol. The zero-order chi connectivity index (χ0) is 12.8. The Hall–Kier alpha value is -1.14. The van der Waals surface area contributed by atoms with Crippen LogP contribution in [-0.4, -0.2) is 38.1 Å². The smallest absolute Gasteiger partial charge is 0.255 e. The summed E-state index contributed by atoms with van der Waals surface area (Å²) in [6, 6.07) is 1.76. The molecule has 0 radical (unpaired) electrons. The van der Waals surface area contributed by atoms with Gasteiger partial charge in [0, 0.05) is 31.3 Å². The minimum Gasteiger partial charge on any atom is -0.362 e. The Morgan fingerprint density at radius 2 is 2.29 bits per heavy atom. The first kappa shape index (κ1) is 13.9. The molecule has 0 aliphatic rings. The quantitative estimate of drug-likeness (QED) is 0.796. The van der Waals surface area contributed by atoms with E-state index in [0.29, 0.717) is 24.5 Å². The molecule has 1 aromatic rings. The maximum Gasteiger partial charge on any atom is 0.255 e. The van der Waals surface area contributed by atoms with E-state index >= 15 is 0 Å². The molecule has 0 spiro atoms. The van der Waals surface area contributed by atoms with E-state index in [1.54, 1.807) is 12.3 Å². The van der Waals surface area contributed by atoms with Crippen LogP contribution < -0.4 is 16.0 Å². The zero-order valence-corrected chi connectivity index (χ0v) is 11.6. The second-order valence-electron chi connectivity index (χ2n) is 3.82. The number of carbonyl (C=O) groups is 1. The lowest BCUT2D eigenvalue weighted by molar-refractivity contribution is 0.0953. The highest BCUT2D eigenvalue weighted by Crippen LogP contribution is 2.19. The topological polar surface area (TPSA) is 71.2 Å². The molecular weight excluding hydrogens is 284 g/mol. The highest BCUT2D eigenvalue weighted by Gasteiger charge is 2.14. The van der Waals surface area contributed by atoms with Crippen molar-refractivity contribution >= 4 is 27.7 Å². The molecule has 1 aromatic heterocycles. The van der Waals surface area contributed by atoms with Gasteiger partial charge in [-0.2, -0.15) is 0 Å². The van der Waals surface area contributed by atoms with E-state index < -0.39 is 0 Å². The summed E-state index contributed by atoms with van der Waals surface area (Å²) in [5.41, 5.74) is 5.93. The van der Waals surface area contributed by atoms with Crippen LogP contribution in [0.25, 0.3) is 0 Å². The molecule has 1 amide bonds. The van der Waals surface area contributed by atoms with Crippen LogP contribution in [0.1, 0.15) is 16.8 Å². The maximum atomic E-state index is 12.0. The molecule has 1 rings (SSSR count). The fraction of sp³-hybridized carbons (Fsp3) is 0.455. The van der Waals surface area contributed by atoms with Crippen LogP contribution in [-0.2, 0) is 0 Å². The summed E-state index contributed by atoms with van der Waals surface area (Å²) in [7, 11) is 3.71. The molecule has 0 unspecified atom stereocenters. The van der Waals surface area contributed by atoms with Gasteiger partial charge in [-0.3, -0.25) is 4.79 Å². The van der Waals surface area contributed by atoms with E-state index in [2.05, 4.69) is 26.2 Å². The third kappa shape index (κ3) is 3.98. The van der Waals surface area contributed by atoms with Gasteiger partial charge in [0.05, 0.1) is 5.56 Å². The van der Waals surface area contributed by atoms with Crippen molar-refractivity contribution in [2.45, 2.75) is 6.42 Å². The average Bonchev–Trinajstić information content (AvgIpc) is 2.28. The van der Waals surface area contributed by atoms with Crippen LogP contribution in [0.5, 0.6) is 0 Å².